The van der Waals surface area contributed by atoms with Gasteiger partial charge in [0.25, 0.3) is 0 Å². The fourth-order valence-corrected chi connectivity index (χ4v) is 3.11. The van der Waals surface area contributed by atoms with Gasteiger partial charge in [-0.2, -0.15) is 0 Å². The molecule has 1 aliphatic heterocycles. The van der Waals surface area contributed by atoms with Crippen LogP contribution in [-0.2, 0) is 11.3 Å². The van der Waals surface area contributed by atoms with Gasteiger partial charge < -0.3 is 15.0 Å². The lowest BCUT2D eigenvalue weighted by atomic mass is 10.3. The lowest BCUT2D eigenvalue weighted by molar-refractivity contribution is -0.00350. The van der Waals surface area contributed by atoms with Gasteiger partial charge in [-0.15, -0.1) is 11.3 Å². The molecule has 1 N–H and O–H groups in total. The van der Waals surface area contributed by atoms with Crippen molar-refractivity contribution >= 4 is 33.3 Å². The Bertz CT molecular complexity index is 397. The minimum Gasteiger partial charge on any atom is -0.375 e. The number of urea groups is 1. The summed E-state index contributed by atoms with van der Waals surface area (Å²) < 4.78 is 6.46. The Labute approximate surface area is 113 Å². The van der Waals surface area contributed by atoms with E-state index in [1.165, 1.54) is 0 Å². The molecule has 1 aliphatic rings. The topological polar surface area (TPSA) is 41.6 Å². The second-order valence-corrected chi connectivity index (χ2v) is 5.93. The monoisotopic (exact) mass is 318 g/mol. The molecule has 0 spiro atoms. The summed E-state index contributed by atoms with van der Waals surface area (Å²) in [5.74, 6) is 0. The molecule has 94 valence electrons. The van der Waals surface area contributed by atoms with E-state index in [4.69, 9.17) is 4.74 Å². The number of rotatable bonds is 2. The Morgan fingerprint density at radius 1 is 1.76 bits per heavy atom. The van der Waals surface area contributed by atoms with E-state index in [0.29, 0.717) is 26.2 Å². The maximum Gasteiger partial charge on any atom is 0.317 e. The average Bonchev–Trinajstić information content (AvgIpc) is 2.72. The molecule has 2 amide bonds. The van der Waals surface area contributed by atoms with Crippen molar-refractivity contribution in [2.24, 2.45) is 0 Å². The molecular weight excluding hydrogens is 304 g/mol. The van der Waals surface area contributed by atoms with Crippen LogP contribution in [0.2, 0.25) is 0 Å². The van der Waals surface area contributed by atoms with Crippen molar-refractivity contribution in [3.8, 4) is 0 Å². The summed E-state index contributed by atoms with van der Waals surface area (Å²) in [4.78, 5) is 14.8. The number of amides is 2. The highest BCUT2D eigenvalue weighted by molar-refractivity contribution is 9.10. The summed E-state index contributed by atoms with van der Waals surface area (Å²) >= 11 is 5.03. The van der Waals surface area contributed by atoms with Crippen molar-refractivity contribution in [2.75, 3.05) is 19.7 Å². The van der Waals surface area contributed by atoms with Crippen LogP contribution in [0.15, 0.2) is 15.9 Å². The molecule has 0 unspecified atom stereocenters. The van der Waals surface area contributed by atoms with Gasteiger partial charge >= 0.3 is 6.03 Å². The molecule has 0 radical (unpaired) electrons. The lowest BCUT2D eigenvalue weighted by Crippen LogP contribution is -2.48. The second kappa shape index (κ2) is 5.84. The highest BCUT2D eigenvalue weighted by atomic mass is 79.9. The molecule has 1 saturated heterocycles. The van der Waals surface area contributed by atoms with Gasteiger partial charge in [0.15, 0.2) is 0 Å². The number of hydrogen-bond donors (Lipinski definition) is 1. The summed E-state index contributed by atoms with van der Waals surface area (Å²) in [6, 6.07) is 2.01. The van der Waals surface area contributed by atoms with Gasteiger partial charge in [0.2, 0.25) is 0 Å². The molecule has 0 aromatic carbocycles. The zero-order chi connectivity index (χ0) is 12.3. The third-order valence-electron chi connectivity index (χ3n) is 2.56. The number of morpholine rings is 1. The average molecular weight is 319 g/mol. The normalized spacial score (nSPS) is 20.4. The maximum atomic E-state index is 11.9. The van der Waals surface area contributed by atoms with Crippen LogP contribution in [0.4, 0.5) is 4.79 Å². The first-order valence-corrected chi connectivity index (χ1v) is 7.19. The van der Waals surface area contributed by atoms with Crippen LogP contribution in [0.25, 0.3) is 0 Å². The number of hydrogen-bond acceptors (Lipinski definition) is 3. The van der Waals surface area contributed by atoms with E-state index in [0.717, 1.165) is 9.35 Å². The first-order valence-electron chi connectivity index (χ1n) is 5.52. The zero-order valence-corrected chi connectivity index (χ0v) is 12.0. The highest BCUT2D eigenvalue weighted by Gasteiger charge is 2.20. The molecule has 0 saturated carbocycles. The molecule has 1 fully saturated rings. The van der Waals surface area contributed by atoms with Crippen LogP contribution in [0.3, 0.4) is 0 Å². The van der Waals surface area contributed by atoms with Crippen molar-refractivity contribution < 1.29 is 9.53 Å². The van der Waals surface area contributed by atoms with Crippen molar-refractivity contribution in [1.82, 2.24) is 10.2 Å². The Hall–Kier alpha value is -0.590. The largest absolute Gasteiger partial charge is 0.375 e. The molecule has 1 aromatic heterocycles. The van der Waals surface area contributed by atoms with Crippen molar-refractivity contribution in [1.29, 1.82) is 0 Å². The number of carbonyl (C=O) groups excluding carboxylic acids is 1. The molecule has 17 heavy (non-hydrogen) atoms. The van der Waals surface area contributed by atoms with Gasteiger partial charge in [0, 0.05) is 27.8 Å². The summed E-state index contributed by atoms with van der Waals surface area (Å²) in [7, 11) is 0. The van der Waals surface area contributed by atoms with Crippen LogP contribution in [-0.4, -0.2) is 36.7 Å². The third-order valence-corrected chi connectivity index (χ3v) is 4.26. The number of carbonyl (C=O) groups is 1. The van der Waals surface area contributed by atoms with Crippen LogP contribution in [0.5, 0.6) is 0 Å². The fraction of sp³-hybridized carbons (Fsp3) is 0.545. The van der Waals surface area contributed by atoms with Crippen molar-refractivity contribution in [3.63, 3.8) is 0 Å². The quantitative estimate of drug-likeness (QED) is 0.910. The third kappa shape index (κ3) is 3.69. The van der Waals surface area contributed by atoms with Gasteiger partial charge in [0.05, 0.1) is 19.3 Å². The number of ether oxygens (including phenoxy) is 1. The molecule has 1 aromatic rings. The van der Waals surface area contributed by atoms with Gasteiger partial charge in [-0.1, -0.05) is 0 Å². The van der Waals surface area contributed by atoms with E-state index in [1.54, 1.807) is 16.2 Å². The minimum atomic E-state index is -0.00956. The van der Waals surface area contributed by atoms with Gasteiger partial charge in [-0.05, 0) is 28.9 Å². The first kappa shape index (κ1) is 12.9. The maximum absolute atomic E-state index is 11.9. The van der Waals surface area contributed by atoms with E-state index >= 15 is 0 Å². The molecule has 2 rings (SSSR count). The van der Waals surface area contributed by atoms with Crippen LogP contribution in [0.1, 0.15) is 11.8 Å². The molecule has 0 bridgehead atoms. The predicted molar refractivity (Wildman–Crippen MR) is 71.2 cm³/mol. The number of halogens is 1. The van der Waals surface area contributed by atoms with Gasteiger partial charge in [-0.25, -0.2) is 4.79 Å². The van der Waals surface area contributed by atoms with Gasteiger partial charge in [0.1, 0.15) is 0 Å². The first-order chi connectivity index (χ1) is 8.15. The Morgan fingerprint density at radius 2 is 2.59 bits per heavy atom. The standard InChI is InChI=1S/C11H15BrN2O2S/c1-8-6-14(2-3-16-8)11(15)13-5-10-4-9(12)7-17-10/h4,7-8H,2-3,5-6H2,1H3,(H,13,15)/t8-/m1/s1. The van der Waals surface area contributed by atoms with E-state index in [2.05, 4.69) is 21.2 Å². The van der Waals surface area contributed by atoms with E-state index in [-0.39, 0.29) is 12.1 Å². The van der Waals surface area contributed by atoms with Crippen LogP contribution < -0.4 is 5.32 Å². The number of thiophene rings is 1. The molecular formula is C11H15BrN2O2S. The number of nitrogens with one attached hydrogen (secondary N) is 1. The molecule has 0 aliphatic carbocycles. The van der Waals surface area contributed by atoms with E-state index in [9.17, 15) is 4.79 Å². The highest BCUT2D eigenvalue weighted by Crippen LogP contribution is 2.19. The van der Waals surface area contributed by atoms with E-state index in [1.807, 2.05) is 18.4 Å². The molecule has 2 heterocycles. The molecule has 4 nitrogen and oxygen atoms in total. The van der Waals surface area contributed by atoms with Crippen molar-refractivity contribution in [2.45, 2.75) is 19.6 Å². The summed E-state index contributed by atoms with van der Waals surface area (Å²) in [6.45, 7) is 4.53. The van der Waals surface area contributed by atoms with E-state index < -0.39 is 0 Å². The zero-order valence-electron chi connectivity index (χ0n) is 9.61. The summed E-state index contributed by atoms with van der Waals surface area (Å²) in [5, 5.41) is 4.94. The van der Waals surface area contributed by atoms with Crippen LogP contribution in [0, 0.1) is 0 Å². The van der Waals surface area contributed by atoms with Crippen molar-refractivity contribution in [3.05, 3.63) is 20.8 Å². The summed E-state index contributed by atoms with van der Waals surface area (Å²) in [6.07, 6.45) is 0.130. The van der Waals surface area contributed by atoms with Gasteiger partial charge in [-0.3, -0.25) is 0 Å². The summed E-state index contributed by atoms with van der Waals surface area (Å²) in [5.41, 5.74) is 0. The van der Waals surface area contributed by atoms with Crippen LogP contribution >= 0.6 is 27.3 Å². The molecule has 1 atom stereocenters. The second-order valence-electron chi connectivity index (χ2n) is 4.02. The smallest absolute Gasteiger partial charge is 0.317 e. The number of nitrogens with zero attached hydrogens (tertiary/aromatic N) is 1. The Balaban J connectivity index is 1.80. The Morgan fingerprint density at radius 3 is 3.24 bits per heavy atom. The minimum absolute atomic E-state index is 0.00956. The SMILES string of the molecule is C[C@@H]1CN(C(=O)NCc2cc(Br)cs2)CCO1. The lowest BCUT2D eigenvalue weighted by Gasteiger charge is -2.31. The molecule has 6 heteroatoms. The predicted octanol–water partition coefficient (Wildman–Crippen LogP) is 2.44. The fourth-order valence-electron chi connectivity index (χ4n) is 1.72. The Kier molecular flexibility index (Phi) is 4.42.